The highest BCUT2D eigenvalue weighted by Crippen LogP contribution is 2.32. The second kappa shape index (κ2) is 9.39. The van der Waals surface area contributed by atoms with E-state index in [0.717, 1.165) is 61.5 Å². The third-order valence-electron chi connectivity index (χ3n) is 6.41. The van der Waals surface area contributed by atoms with E-state index in [1.807, 2.05) is 45.9 Å². The van der Waals surface area contributed by atoms with E-state index in [2.05, 4.69) is 49.5 Å². The van der Waals surface area contributed by atoms with Crippen LogP contribution in [-0.2, 0) is 6.54 Å². The van der Waals surface area contributed by atoms with Crippen molar-refractivity contribution in [2.24, 2.45) is 0 Å². The summed E-state index contributed by atoms with van der Waals surface area (Å²) in [6, 6.07) is 16.2. The largest absolute Gasteiger partial charge is 0.366 e. The van der Waals surface area contributed by atoms with Crippen molar-refractivity contribution in [2.75, 3.05) is 18.4 Å². The van der Waals surface area contributed by atoms with Gasteiger partial charge in [-0.2, -0.15) is 9.61 Å². The van der Waals surface area contributed by atoms with Gasteiger partial charge >= 0.3 is 0 Å². The molecule has 1 N–H and O–H groups in total. The van der Waals surface area contributed by atoms with E-state index in [4.69, 9.17) is 4.98 Å². The van der Waals surface area contributed by atoms with Gasteiger partial charge in [-0.05, 0) is 57.9 Å². The van der Waals surface area contributed by atoms with Crippen LogP contribution in [0.4, 0.5) is 5.82 Å². The van der Waals surface area contributed by atoms with Crippen molar-refractivity contribution in [3.63, 3.8) is 0 Å². The van der Waals surface area contributed by atoms with Crippen LogP contribution in [0, 0.1) is 0 Å². The number of piperidine rings is 1. The average molecular weight is 547 g/mol. The lowest BCUT2D eigenvalue weighted by atomic mass is 9.94. The van der Waals surface area contributed by atoms with Crippen molar-refractivity contribution < 1.29 is 4.79 Å². The first-order valence-electron chi connectivity index (χ1n) is 11.6. The van der Waals surface area contributed by atoms with Crippen LogP contribution in [0.15, 0.2) is 71.6 Å². The van der Waals surface area contributed by atoms with E-state index in [-0.39, 0.29) is 11.8 Å². The molecule has 1 fully saturated rings. The van der Waals surface area contributed by atoms with E-state index in [1.54, 1.807) is 23.7 Å². The molecule has 0 spiro atoms. The van der Waals surface area contributed by atoms with Gasteiger partial charge in [0.05, 0.1) is 21.2 Å². The maximum atomic E-state index is 13.4. The van der Waals surface area contributed by atoms with Crippen LogP contribution in [-0.4, -0.2) is 43.5 Å². The number of carbonyl (C=O) groups is 1. The van der Waals surface area contributed by atoms with Crippen molar-refractivity contribution >= 4 is 54.7 Å². The zero-order chi connectivity index (χ0) is 23.8. The molecule has 0 aliphatic carbocycles. The summed E-state index contributed by atoms with van der Waals surface area (Å²) in [4.78, 5) is 25.3. The normalized spacial score (nSPS) is 16.1. The number of hydrogen-bond donors (Lipinski definition) is 1. The van der Waals surface area contributed by atoms with E-state index < -0.39 is 0 Å². The molecular formula is C26H23BrN6OS. The molecule has 1 saturated heterocycles. The quantitative estimate of drug-likeness (QED) is 0.304. The minimum absolute atomic E-state index is 0.109. The van der Waals surface area contributed by atoms with Crippen LogP contribution in [0.5, 0.6) is 0 Å². The summed E-state index contributed by atoms with van der Waals surface area (Å²) in [6.45, 7) is 2.06. The Morgan fingerprint density at radius 2 is 2.09 bits per heavy atom. The zero-order valence-electron chi connectivity index (χ0n) is 18.9. The third-order valence-corrected chi connectivity index (χ3v) is 8.07. The Labute approximate surface area is 215 Å². The Hall–Kier alpha value is -3.30. The third kappa shape index (κ3) is 4.41. The number of carbonyl (C=O) groups excluding carboxylic acids is 1. The highest BCUT2D eigenvalue weighted by molar-refractivity contribution is 9.10. The topological polar surface area (TPSA) is 75.4 Å². The molecule has 1 unspecified atom stereocenters. The van der Waals surface area contributed by atoms with E-state index >= 15 is 0 Å². The molecule has 1 aliphatic rings. The standard InChI is InChI=1S/C26H23BrN6OS/c27-20-15-30-33-24(29-14-17-5-3-9-28-13-17)12-21(31-25(20)33)19-7-4-10-32(16-19)26(34)23-11-18-6-1-2-8-22(18)35-23/h1-3,5-6,8-9,11-13,15,19,29H,4,7,10,14,16H2. The number of likely N-dealkylation sites (tertiary alicyclic amines) is 1. The first-order chi connectivity index (χ1) is 17.2. The monoisotopic (exact) mass is 546 g/mol. The maximum Gasteiger partial charge on any atom is 0.263 e. The number of halogens is 1. The second-order valence-corrected chi connectivity index (χ2v) is 10.7. The smallest absolute Gasteiger partial charge is 0.263 e. The summed E-state index contributed by atoms with van der Waals surface area (Å²) in [6.07, 6.45) is 7.33. The van der Waals surface area contributed by atoms with Crippen LogP contribution < -0.4 is 5.32 Å². The number of amides is 1. The molecule has 5 heterocycles. The van der Waals surface area contributed by atoms with E-state index in [1.165, 1.54) is 0 Å². The zero-order valence-corrected chi connectivity index (χ0v) is 21.3. The first-order valence-corrected chi connectivity index (χ1v) is 13.2. The van der Waals surface area contributed by atoms with E-state index in [0.29, 0.717) is 13.1 Å². The molecule has 1 aromatic carbocycles. The lowest BCUT2D eigenvalue weighted by Crippen LogP contribution is -2.39. The number of rotatable bonds is 5. The van der Waals surface area contributed by atoms with Crippen LogP contribution in [0.1, 0.15) is 39.7 Å². The minimum atomic E-state index is 0.109. The molecule has 5 aromatic rings. The van der Waals surface area contributed by atoms with Crippen LogP contribution in [0.2, 0.25) is 0 Å². The van der Waals surface area contributed by atoms with Gasteiger partial charge in [-0.3, -0.25) is 9.78 Å². The van der Waals surface area contributed by atoms with Gasteiger partial charge in [0.2, 0.25) is 0 Å². The summed E-state index contributed by atoms with van der Waals surface area (Å²) in [5, 5.41) is 9.10. The Balaban J connectivity index is 1.27. The predicted octanol–water partition coefficient (Wildman–Crippen LogP) is 5.73. The number of thiophene rings is 1. The SMILES string of the molecule is O=C(c1cc2ccccc2s1)N1CCCC(c2cc(NCc3cccnc3)n3ncc(Br)c3n2)C1. The number of pyridine rings is 1. The predicted molar refractivity (Wildman–Crippen MR) is 142 cm³/mol. The lowest BCUT2D eigenvalue weighted by molar-refractivity contribution is 0.0711. The van der Waals surface area contributed by atoms with Gasteiger partial charge in [-0.1, -0.05) is 24.3 Å². The number of hydrogen-bond acceptors (Lipinski definition) is 6. The summed E-state index contributed by atoms with van der Waals surface area (Å²) in [5.41, 5.74) is 2.83. The molecule has 0 radical (unpaired) electrons. The van der Waals surface area contributed by atoms with Crippen LogP contribution in [0.3, 0.4) is 0 Å². The summed E-state index contributed by atoms with van der Waals surface area (Å²) in [5.74, 6) is 1.14. The van der Waals surface area contributed by atoms with Crippen molar-refractivity contribution in [3.05, 3.63) is 87.7 Å². The van der Waals surface area contributed by atoms with Crippen molar-refractivity contribution in [1.29, 1.82) is 0 Å². The van der Waals surface area contributed by atoms with Gasteiger partial charge in [0.25, 0.3) is 5.91 Å². The second-order valence-electron chi connectivity index (χ2n) is 8.75. The number of aromatic nitrogens is 4. The molecule has 6 rings (SSSR count). The molecule has 176 valence electrons. The molecule has 7 nitrogen and oxygen atoms in total. The fourth-order valence-electron chi connectivity index (χ4n) is 4.63. The molecule has 4 aromatic heterocycles. The van der Waals surface area contributed by atoms with Gasteiger partial charge < -0.3 is 10.2 Å². The Bertz CT molecular complexity index is 1480. The number of nitrogens with one attached hydrogen (secondary N) is 1. The van der Waals surface area contributed by atoms with Gasteiger partial charge in [-0.25, -0.2) is 4.98 Å². The van der Waals surface area contributed by atoms with Crippen molar-refractivity contribution in [3.8, 4) is 0 Å². The average Bonchev–Trinajstić information content (AvgIpc) is 3.51. The molecule has 35 heavy (non-hydrogen) atoms. The van der Waals surface area contributed by atoms with Crippen molar-refractivity contribution in [2.45, 2.75) is 25.3 Å². The van der Waals surface area contributed by atoms with Crippen LogP contribution >= 0.6 is 27.3 Å². The molecular weight excluding hydrogens is 524 g/mol. The van der Waals surface area contributed by atoms with Crippen molar-refractivity contribution in [1.82, 2.24) is 24.5 Å². The van der Waals surface area contributed by atoms with Gasteiger partial charge in [0, 0.05) is 48.7 Å². The molecule has 0 bridgehead atoms. The van der Waals surface area contributed by atoms with Gasteiger partial charge in [0.15, 0.2) is 5.65 Å². The summed E-state index contributed by atoms with van der Waals surface area (Å²) >= 11 is 5.16. The number of benzene rings is 1. The molecule has 1 aliphatic heterocycles. The van der Waals surface area contributed by atoms with E-state index in [9.17, 15) is 4.79 Å². The highest BCUT2D eigenvalue weighted by Gasteiger charge is 2.28. The summed E-state index contributed by atoms with van der Waals surface area (Å²) in [7, 11) is 0. The highest BCUT2D eigenvalue weighted by atomic mass is 79.9. The molecule has 9 heteroatoms. The van der Waals surface area contributed by atoms with Crippen LogP contribution in [0.25, 0.3) is 15.7 Å². The Kier molecular flexibility index (Phi) is 5.95. The fourth-order valence-corrected chi connectivity index (χ4v) is 6.01. The number of fused-ring (bicyclic) bond motifs is 2. The Morgan fingerprint density at radius 3 is 2.94 bits per heavy atom. The number of anilines is 1. The maximum absolute atomic E-state index is 13.4. The fraction of sp³-hybridized carbons (Fsp3) is 0.231. The Morgan fingerprint density at radius 1 is 1.17 bits per heavy atom. The molecule has 1 amide bonds. The molecule has 0 saturated carbocycles. The molecule has 1 atom stereocenters. The van der Waals surface area contributed by atoms with Gasteiger partial charge in [0.1, 0.15) is 5.82 Å². The number of nitrogens with zero attached hydrogens (tertiary/aromatic N) is 5. The van der Waals surface area contributed by atoms with Gasteiger partial charge in [-0.15, -0.1) is 11.3 Å². The first kappa shape index (κ1) is 22.2. The summed E-state index contributed by atoms with van der Waals surface area (Å²) < 4.78 is 3.80. The minimum Gasteiger partial charge on any atom is -0.366 e. The lowest BCUT2D eigenvalue weighted by Gasteiger charge is -2.32.